The van der Waals surface area contributed by atoms with Crippen molar-refractivity contribution < 1.29 is 44.7 Å². The Kier molecular flexibility index (Phi) is 200000000. The van der Waals surface area contributed by atoms with Gasteiger partial charge in [0.05, 0.1) is 0 Å². The fourth-order valence-corrected chi connectivity index (χ4v) is 0. The second-order valence-electron chi connectivity index (χ2n) is 0. The van der Waals surface area contributed by atoms with Crippen molar-refractivity contribution in [1.29, 1.82) is 0 Å². The molecule has 0 nitrogen and oxygen atoms in total. The fourth-order valence-electron chi connectivity index (χ4n) is 0. The first-order chi connectivity index (χ1) is 0. The molecule has 0 heterocycles. The van der Waals surface area contributed by atoms with Gasteiger partial charge in [0.15, 0.2) is 0 Å². The summed E-state index contributed by atoms with van der Waals surface area (Å²) in [5.74, 6) is 0. The standard InChI is InChI=1S/6FH.Ni/h6*1H;/p-6. The number of hydrogen-bond donors (Lipinski definition) is 0. The minimum Gasteiger partial charge on any atom is -1.00 e. The van der Waals surface area contributed by atoms with E-state index in [1.807, 2.05) is 0 Å². The maximum Gasteiger partial charge on any atom is 0 e. The van der Waals surface area contributed by atoms with Gasteiger partial charge >= 0.3 is 0 Å². The van der Waals surface area contributed by atoms with Gasteiger partial charge in [-0.15, -0.1) is 0 Å². The molecule has 0 aromatic rings. The van der Waals surface area contributed by atoms with Gasteiger partial charge in [0, 0.05) is 16.5 Å². The quantitative estimate of drug-likeness (QED) is 0.252. The summed E-state index contributed by atoms with van der Waals surface area (Å²) in [6, 6.07) is 0. The van der Waals surface area contributed by atoms with E-state index in [0.717, 1.165) is 0 Å². The molecule has 0 rings (SSSR count). The third-order valence-electron chi connectivity index (χ3n) is 0. The van der Waals surface area contributed by atoms with Crippen molar-refractivity contribution in [1.82, 2.24) is 0 Å². The number of rotatable bonds is 0. The van der Waals surface area contributed by atoms with Gasteiger partial charge in [0.25, 0.3) is 0 Å². The number of hydrogen-bond acceptors (Lipinski definition) is 0. The molecule has 0 aliphatic heterocycles. The molecule has 0 bridgehead atoms. The van der Waals surface area contributed by atoms with Crippen LogP contribution in [-0.4, -0.2) is 0 Å². The van der Waals surface area contributed by atoms with Crippen LogP contribution >= 0.6 is 0 Å². The van der Waals surface area contributed by atoms with Gasteiger partial charge in [-0.25, -0.2) is 0 Å². The van der Waals surface area contributed by atoms with Gasteiger partial charge in [-0.3, -0.25) is 0 Å². The molecule has 0 aromatic carbocycles. The zero-order valence-electron chi connectivity index (χ0n) is 2.58. The van der Waals surface area contributed by atoms with E-state index in [2.05, 4.69) is 0 Å². The van der Waals surface area contributed by atoms with Crippen molar-refractivity contribution in [3.63, 3.8) is 0 Å². The van der Waals surface area contributed by atoms with Gasteiger partial charge in [0.2, 0.25) is 0 Å². The Balaban J connectivity index is 0. The van der Waals surface area contributed by atoms with Crippen LogP contribution < -0.4 is 28.2 Å². The van der Waals surface area contributed by atoms with E-state index in [9.17, 15) is 0 Å². The van der Waals surface area contributed by atoms with Gasteiger partial charge in [-0.05, 0) is 0 Å². The molecule has 7 heteroatoms. The average Bonchev–Trinajstić information content (AvgIpc) is 0. The molecule has 58 valence electrons. The molecule has 0 fully saturated rings. The first-order valence-corrected chi connectivity index (χ1v) is 0. The molecular formula is F6Ni-6. The van der Waals surface area contributed by atoms with Gasteiger partial charge in [0.1, 0.15) is 0 Å². The zero-order chi connectivity index (χ0) is 0. The van der Waals surface area contributed by atoms with Gasteiger partial charge in [-0.2, -0.15) is 0 Å². The minimum absolute atomic E-state index is 0. The smallest absolute Gasteiger partial charge is 0 e. The van der Waals surface area contributed by atoms with Crippen LogP contribution in [0.15, 0.2) is 0 Å². The second-order valence-corrected chi connectivity index (χ2v) is 0. The molecule has 0 saturated carbocycles. The molecule has 0 spiro atoms. The van der Waals surface area contributed by atoms with Gasteiger partial charge in [-0.1, -0.05) is 0 Å². The monoisotopic (exact) mass is 172 g/mol. The van der Waals surface area contributed by atoms with E-state index < -0.39 is 0 Å². The Morgan fingerprint density at radius 1 is 0.286 bits per heavy atom. The second kappa shape index (κ2) is 28900. The third-order valence-corrected chi connectivity index (χ3v) is 0. The van der Waals surface area contributed by atoms with E-state index in [1.165, 1.54) is 0 Å². The number of halogens is 6. The third kappa shape index (κ3) is 18700. The van der Waals surface area contributed by atoms with Crippen molar-refractivity contribution >= 4 is 0 Å². The normalized spacial score (nSPS) is 0. The SMILES string of the molecule is [F-].[F-].[F-].[F-].[F-].[F-].[Ni]. The molecule has 0 radical (unpaired) electrons. The van der Waals surface area contributed by atoms with E-state index in [1.54, 1.807) is 0 Å². The summed E-state index contributed by atoms with van der Waals surface area (Å²) in [7, 11) is 0. The molecular weight excluding hydrogens is 173 g/mol. The predicted octanol–water partition coefficient (Wildman–Crippen LogP) is -18.0. The Labute approximate surface area is 45.8 Å². The molecule has 0 unspecified atom stereocenters. The Bertz CT molecular complexity index is 4.14. The Hall–Kier alpha value is 0.0735. The van der Waals surface area contributed by atoms with E-state index >= 15 is 0 Å². The molecule has 0 saturated heterocycles. The largest absolute Gasteiger partial charge is 1.00 e. The van der Waals surface area contributed by atoms with Crippen LogP contribution in [0.5, 0.6) is 0 Å². The summed E-state index contributed by atoms with van der Waals surface area (Å²) >= 11 is 0. The summed E-state index contributed by atoms with van der Waals surface area (Å²) in [6.45, 7) is 0. The average molecular weight is 173 g/mol. The summed E-state index contributed by atoms with van der Waals surface area (Å²) in [6.07, 6.45) is 0. The maximum absolute atomic E-state index is 0. The summed E-state index contributed by atoms with van der Waals surface area (Å²) in [5.41, 5.74) is 0. The summed E-state index contributed by atoms with van der Waals surface area (Å²) < 4.78 is 0. The van der Waals surface area contributed by atoms with E-state index in [0.29, 0.717) is 0 Å². The van der Waals surface area contributed by atoms with Crippen LogP contribution in [0.1, 0.15) is 0 Å². The minimum atomic E-state index is 0. The van der Waals surface area contributed by atoms with Crippen LogP contribution in [-0.2, 0) is 16.5 Å². The van der Waals surface area contributed by atoms with Crippen LogP contribution in [0.4, 0.5) is 0 Å². The summed E-state index contributed by atoms with van der Waals surface area (Å²) in [4.78, 5) is 0. The van der Waals surface area contributed by atoms with E-state index in [-0.39, 0.29) is 44.7 Å². The van der Waals surface area contributed by atoms with Crippen LogP contribution in [0.3, 0.4) is 0 Å². The zero-order valence-corrected chi connectivity index (χ0v) is 3.57. The topological polar surface area (TPSA) is 0 Å². The maximum atomic E-state index is 0. The molecule has 0 N–H and O–H groups in total. The van der Waals surface area contributed by atoms with Gasteiger partial charge < -0.3 is 28.2 Å². The van der Waals surface area contributed by atoms with Crippen LogP contribution in [0.25, 0.3) is 0 Å². The summed E-state index contributed by atoms with van der Waals surface area (Å²) in [5, 5.41) is 0. The first-order valence-electron chi connectivity index (χ1n) is 0. The van der Waals surface area contributed by atoms with Crippen molar-refractivity contribution in [3.8, 4) is 0 Å². The fraction of sp³-hybridized carbons (Fsp3) is 0. The molecule has 0 amide bonds. The van der Waals surface area contributed by atoms with Crippen molar-refractivity contribution in [3.05, 3.63) is 0 Å². The molecule has 0 aromatic heterocycles. The van der Waals surface area contributed by atoms with E-state index in [4.69, 9.17) is 0 Å². The Morgan fingerprint density at radius 3 is 0.286 bits per heavy atom. The Morgan fingerprint density at radius 2 is 0.286 bits per heavy atom. The van der Waals surface area contributed by atoms with Crippen LogP contribution in [0.2, 0.25) is 0 Å². The van der Waals surface area contributed by atoms with Crippen molar-refractivity contribution in [2.45, 2.75) is 0 Å². The van der Waals surface area contributed by atoms with Crippen molar-refractivity contribution in [2.75, 3.05) is 0 Å². The van der Waals surface area contributed by atoms with Crippen molar-refractivity contribution in [2.24, 2.45) is 0 Å². The molecule has 0 aliphatic rings. The van der Waals surface area contributed by atoms with Crippen LogP contribution in [0, 0.1) is 0 Å². The predicted molar refractivity (Wildman–Crippen MR) is 0 cm³/mol. The molecule has 0 aliphatic carbocycles. The first kappa shape index (κ1) is 48300. The molecule has 0 atom stereocenters. The molecule has 7 heavy (non-hydrogen) atoms.